The van der Waals surface area contributed by atoms with Gasteiger partial charge in [-0.2, -0.15) is 8.78 Å². The number of hydrogen-bond acceptors (Lipinski definition) is 7. The van der Waals surface area contributed by atoms with Crippen molar-refractivity contribution in [3.8, 4) is 39.8 Å². The van der Waals surface area contributed by atoms with Gasteiger partial charge >= 0.3 is 12.6 Å². The molecule has 0 aliphatic carbocycles. The zero-order valence-electron chi connectivity index (χ0n) is 21.2. The third-order valence-electron chi connectivity index (χ3n) is 7.23. The molecule has 1 aromatic heterocycles. The van der Waals surface area contributed by atoms with Crippen LogP contribution in [0.1, 0.15) is 24.0 Å². The number of carboxylic acid groups (broad SMARTS) is 1. The van der Waals surface area contributed by atoms with Gasteiger partial charge in [-0.1, -0.05) is 18.2 Å². The van der Waals surface area contributed by atoms with Crippen LogP contribution in [0.2, 0.25) is 0 Å². The van der Waals surface area contributed by atoms with Gasteiger partial charge in [0.25, 0.3) is 0 Å². The Bertz CT molecular complexity index is 1550. The van der Waals surface area contributed by atoms with E-state index in [0.717, 1.165) is 28.7 Å². The van der Waals surface area contributed by atoms with Gasteiger partial charge in [-0.05, 0) is 67.3 Å². The van der Waals surface area contributed by atoms with E-state index in [1.807, 2.05) is 43.3 Å². The average molecular weight is 537 g/mol. The van der Waals surface area contributed by atoms with Gasteiger partial charge in [0.15, 0.2) is 17.1 Å². The molecular weight excluding hydrogens is 510 g/mol. The first-order valence-corrected chi connectivity index (χ1v) is 12.7. The quantitative estimate of drug-likeness (QED) is 0.312. The van der Waals surface area contributed by atoms with Crippen molar-refractivity contribution in [1.82, 2.24) is 9.88 Å². The summed E-state index contributed by atoms with van der Waals surface area (Å²) in [7, 11) is 0. The highest BCUT2D eigenvalue weighted by molar-refractivity contribution is 5.82. The van der Waals surface area contributed by atoms with Crippen LogP contribution >= 0.6 is 0 Å². The van der Waals surface area contributed by atoms with Crippen molar-refractivity contribution < 1.29 is 37.3 Å². The molecule has 39 heavy (non-hydrogen) atoms. The molecule has 0 spiro atoms. The number of aliphatic carboxylic acids is 1. The number of nitrogens with zero attached hydrogens (tertiary/aromatic N) is 2. The molecule has 6 rings (SSSR count). The van der Waals surface area contributed by atoms with Crippen LogP contribution in [0.5, 0.6) is 17.2 Å². The summed E-state index contributed by atoms with van der Waals surface area (Å²) in [5.41, 5.74) is 4.78. The predicted octanol–water partition coefficient (Wildman–Crippen LogP) is 5.89. The summed E-state index contributed by atoms with van der Waals surface area (Å²) < 4.78 is 48.7. The minimum absolute atomic E-state index is 0.0574. The summed E-state index contributed by atoms with van der Waals surface area (Å²) in [6.45, 7) is 0.637. The molecule has 2 aliphatic heterocycles. The van der Waals surface area contributed by atoms with E-state index in [2.05, 4.69) is 4.98 Å². The van der Waals surface area contributed by atoms with Crippen LogP contribution in [-0.4, -0.2) is 53.4 Å². The van der Waals surface area contributed by atoms with Crippen molar-refractivity contribution in [2.75, 3.05) is 19.8 Å². The number of carboxylic acids is 1. The molecule has 1 atom stereocenters. The SMILES string of the molecule is Cc1c(-c2ccc3c(c2)OCCO3)cccc1-c1nc2cc(CN3CCC[C@H]3C(=O)O)c(OC(F)F)cc2o1. The van der Waals surface area contributed by atoms with E-state index in [-0.39, 0.29) is 12.3 Å². The van der Waals surface area contributed by atoms with Crippen molar-refractivity contribution in [3.63, 3.8) is 0 Å². The number of rotatable bonds is 7. The van der Waals surface area contributed by atoms with E-state index in [1.165, 1.54) is 6.07 Å². The Morgan fingerprint density at radius 1 is 1.13 bits per heavy atom. The number of oxazole rings is 1. The zero-order valence-corrected chi connectivity index (χ0v) is 21.2. The van der Waals surface area contributed by atoms with Crippen LogP contribution in [-0.2, 0) is 11.3 Å². The molecule has 202 valence electrons. The number of ether oxygens (including phenoxy) is 3. The van der Waals surface area contributed by atoms with Crippen LogP contribution < -0.4 is 14.2 Å². The van der Waals surface area contributed by atoms with Crippen molar-refractivity contribution >= 4 is 17.1 Å². The Morgan fingerprint density at radius 2 is 1.92 bits per heavy atom. The summed E-state index contributed by atoms with van der Waals surface area (Å²) in [6.07, 6.45) is 1.23. The number of fused-ring (bicyclic) bond motifs is 2. The number of hydrogen-bond donors (Lipinski definition) is 1. The van der Waals surface area contributed by atoms with Gasteiger partial charge in [-0.25, -0.2) is 4.98 Å². The summed E-state index contributed by atoms with van der Waals surface area (Å²) in [4.78, 5) is 18.1. The molecule has 1 N–H and O–H groups in total. The fraction of sp³-hybridized carbons (Fsp3) is 0.310. The summed E-state index contributed by atoms with van der Waals surface area (Å²) in [5.74, 6) is 0.748. The molecule has 0 saturated carbocycles. The first-order valence-electron chi connectivity index (χ1n) is 12.7. The minimum Gasteiger partial charge on any atom is -0.486 e. The number of benzene rings is 3. The van der Waals surface area contributed by atoms with Gasteiger partial charge in [-0.15, -0.1) is 0 Å². The number of likely N-dealkylation sites (tertiary alicyclic amines) is 1. The lowest BCUT2D eigenvalue weighted by atomic mass is 9.96. The van der Waals surface area contributed by atoms with E-state index in [1.54, 1.807) is 11.0 Å². The highest BCUT2D eigenvalue weighted by Gasteiger charge is 2.31. The highest BCUT2D eigenvalue weighted by atomic mass is 19.3. The van der Waals surface area contributed by atoms with Crippen molar-refractivity contribution in [3.05, 3.63) is 59.7 Å². The lowest BCUT2D eigenvalue weighted by Gasteiger charge is -2.22. The number of halogens is 2. The summed E-state index contributed by atoms with van der Waals surface area (Å²) in [6, 6.07) is 13.9. The summed E-state index contributed by atoms with van der Waals surface area (Å²) in [5, 5.41) is 9.53. The molecule has 0 radical (unpaired) electrons. The molecule has 0 amide bonds. The molecule has 8 nitrogen and oxygen atoms in total. The molecule has 4 aromatic rings. The van der Waals surface area contributed by atoms with Crippen LogP contribution in [0, 0.1) is 6.92 Å². The average Bonchev–Trinajstić information content (AvgIpc) is 3.55. The van der Waals surface area contributed by atoms with Crippen molar-refractivity contribution in [2.45, 2.75) is 39.0 Å². The van der Waals surface area contributed by atoms with E-state index < -0.39 is 18.6 Å². The van der Waals surface area contributed by atoms with E-state index in [4.69, 9.17) is 18.6 Å². The Morgan fingerprint density at radius 3 is 2.72 bits per heavy atom. The van der Waals surface area contributed by atoms with Crippen LogP contribution in [0.25, 0.3) is 33.7 Å². The largest absolute Gasteiger partial charge is 0.486 e. The third-order valence-corrected chi connectivity index (χ3v) is 7.23. The van der Waals surface area contributed by atoms with Gasteiger partial charge in [0.1, 0.15) is 30.5 Å². The summed E-state index contributed by atoms with van der Waals surface area (Å²) >= 11 is 0. The Hall–Kier alpha value is -4.18. The van der Waals surface area contributed by atoms with Crippen LogP contribution in [0.4, 0.5) is 8.78 Å². The maximum absolute atomic E-state index is 13.3. The van der Waals surface area contributed by atoms with Crippen LogP contribution in [0.15, 0.2) is 52.9 Å². The second-order valence-corrected chi connectivity index (χ2v) is 9.63. The third kappa shape index (κ3) is 4.87. The lowest BCUT2D eigenvalue weighted by Crippen LogP contribution is -2.35. The van der Waals surface area contributed by atoms with Gasteiger partial charge in [0.2, 0.25) is 5.89 Å². The molecule has 3 aromatic carbocycles. The van der Waals surface area contributed by atoms with E-state index in [0.29, 0.717) is 60.2 Å². The molecule has 0 unspecified atom stereocenters. The number of aromatic nitrogens is 1. The van der Waals surface area contributed by atoms with Gasteiger partial charge in [0, 0.05) is 23.7 Å². The van der Waals surface area contributed by atoms with Gasteiger partial charge < -0.3 is 23.7 Å². The van der Waals surface area contributed by atoms with Crippen LogP contribution in [0.3, 0.4) is 0 Å². The molecule has 0 bridgehead atoms. The topological polar surface area (TPSA) is 94.3 Å². The zero-order chi connectivity index (χ0) is 27.1. The predicted molar refractivity (Wildman–Crippen MR) is 138 cm³/mol. The lowest BCUT2D eigenvalue weighted by molar-refractivity contribution is -0.142. The smallest absolute Gasteiger partial charge is 0.387 e. The monoisotopic (exact) mass is 536 g/mol. The Labute approximate surface area is 222 Å². The number of carbonyl (C=O) groups is 1. The fourth-order valence-electron chi connectivity index (χ4n) is 5.35. The second-order valence-electron chi connectivity index (χ2n) is 9.63. The van der Waals surface area contributed by atoms with E-state index in [9.17, 15) is 18.7 Å². The highest BCUT2D eigenvalue weighted by Crippen LogP contribution is 2.39. The Balaban J connectivity index is 1.37. The van der Waals surface area contributed by atoms with E-state index >= 15 is 0 Å². The normalized spacial score (nSPS) is 17.2. The first kappa shape index (κ1) is 25.1. The Kier molecular flexibility index (Phi) is 6.56. The molecule has 1 saturated heterocycles. The number of alkyl halides is 2. The second kappa shape index (κ2) is 10.2. The maximum Gasteiger partial charge on any atom is 0.387 e. The molecule has 3 heterocycles. The molecule has 2 aliphatic rings. The first-order chi connectivity index (χ1) is 18.9. The standard InChI is InChI=1S/C29H26F2N2O6/c1-16-19(17-7-8-23-26(13-17)37-11-10-36-23)4-2-5-20(16)27-32-21-12-18(15-33-9-3-6-22(33)28(34)35)24(39-29(30)31)14-25(21)38-27/h2,4-5,7-8,12-14,22,29H,3,6,9-11,15H2,1H3,(H,34,35)/t22-/m0/s1. The minimum atomic E-state index is -3.04. The molecular formula is C29H26F2N2O6. The maximum atomic E-state index is 13.3. The molecule has 1 fully saturated rings. The van der Waals surface area contributed by atoms with Crippen molar-refractivity contribution in [1.29, 1.82) is 0 Å². The van der Waals surface area contributed by atoms with Gasteiger partial charge in [-0.3, -0.25) is 9.69 Å². The molecule has 10 heteroatoms. The van der Waals surface area contributed by atoms with Gasteiger partial charge in [0.05, 0.1) is 0 Å². The van der Waals surface area contributed by atoms with Crippen molar-refractivity contribution in [2.24, 2.45) is 0 Å². The fourth-order valence-corrected chi connectivity index (χ4v) is 5.35.